The summed E-state index contributed by atoms with van der Waals surface area (Å²) in [6, 6.07) is 24.9. The third-order valence-electron chi connectivity index (χ3n) is 12.1. The van der Waals surface area contributed by atoms with Crippen LogP contribution in [0, 0.1) is 5.82 Å². The van der Waals surface area contributed by atoms with Crippen molar-refractivity contribution in [3.05, 3.63) is 95.9 Å². The maximum absolute atomic E-state index is 15.1. The number of imide groups is 1. The zero-order chi connectivity index (χ0) is 38.0. The van der Waals surface area contributed by atoms with Crippen LogP contribution in [-0.2, 0) is 16.1 Å². The van der Waals surface area contributed by atoms with Gasteiger partial charge in [-0.2, -0.15) is 4.98 Å². The summed E-state index contributed by atoms with van der Waals surface area (Å²) in [6.45, 7) is 6.60. The van der Waals surface area contributed by atoms with Gasteiger partial charge in [-0.25, -0.2) is 14.4 Å². The van der Waals surface area contributed by atoms with Crippen LogP contribution >= 0.6 is 0 Å². The Morgan fingerprint density at radius 1 is 0.768 bits per heavy atom. The lowest BCUT2D eigenvalue weighted by Crippen LogP contribution is -2.53. The molecule has 0 bridgehead atoms. The molecule has 1 atom stereocenters. The smallest absolute Gasteiger partial charge is 0.234 e. The summed E-state index contributed by atoms with van der Waals surface area (Å²) >= 11 is 0. The van der Waals surface area contributed by atoms with Crippen molar-refractivity contribution < 1.29 is 14.0 Å². The third kappa shape index (κ3) is 7.83. The second-order valence-corrected chi connectivity index (χ2v) is 15.7. The van der Waals surface area contributed by atoms with Crippen LogP contribution in [0.25, 0.3) is 11.2 Å². The lowest BCUT2D eigenvalue weighted by molar-refractivity contribution is -0.134. The molecule has 3 aliphatic heterocycles. The number of amides is 2. The fourth-order valence-corrected chi connectivity index (χ4v) is 9.06. The van der Waals surface area contributed by atoms with Crippen LogP contribution in [-0.4, -0.2) is 86.4 Å². The first-order chi connectivity index (χ1) is 27.4. The molecule has 12 nitrogen and oxygen atoms in total. The molecular weight excluding hydrogens is 708 g/mol. The van der Waals surface area contributed by atoms with E-state index in [2.05, 4.69) is 76.6 Å². The van der Waals surface area contributed by atoms with E-state index in [4.69, 9.17) is 9.97 Å². The number of hydrogen-bond donors (Lipinski definition) is 3. The van der Waals surface area contributed by atoms with Crippen molar-refractivity contribution in [2.75, 3.05) is 54.8 Å². The number of imidazole rings is 1. The van der Waals surface area contributed by atoms with Gasteiger partial charge >= 0.3 is 0 Å². The Bertz CT molecular complexity index is 2170. The van der Waals surface area contributed by atoms with Gasteiger partial charge in [-0.15, -0.1) is 0 Å². The number of carbonyl (C=O) groups excluding carboxylic acids is 2. The Balaban J connectivity index is 0.766. The van der Waals surface area contributed by atoms with Gasteiger partial charge in [-0.05, 0) is 80.1 Å². The minimum atomic E-state index is -0.606. The van der Waals surface area contributed by atoms with Gasteiger partial charge in [0, 0.05) is 86.9 Å². The summed E-state index contributed by atoms with van der Waals surface area (Å²) < 4.78 is 17.3. The first-order valence-corrected chi connectivity index (χ1v) is 20.2. The van der Waals surface area contributed by atoms with Crippen molar-refractivity contribution in [2.45, 2.75) is 75.9 Å². The predicted octanol–water partition coefficient (Wildman–Crippen LogP) is 6.87. The maximum atomic E-state index is 15.1. The number of anilines is 5. The molecule has 1 unspecified atom stereocenters. The first-order valence-electron chi connectivity index (χ1n) is 20.2. The molecule has 3 N–H and O–H groups in total. The Labute approximate surface area is 326 Å². The van der Waals surface area contributed by atoms with Crippen LogP contribution in [0.4, 0.5) is 33.3 Å². The normalized spacial score (nSPS) is 20.4. The van der Waals surface area contributed by atoms with Crippen LogP contribution in [0.3, 0.4) is 0 Å². The number of aromatic nitrogens is 4. The van der Waals surface area contributed by atoms with E-state index in [9.17, 15) is 9.59 Å². The van der Waals surface area contributed by atoms with Crippen molar-refractivity contribution in [1.82, 2.24) is 34.6 Å². The molecule has 9 rings (SSSR count). The van der Waals surface area contributed by atoms with Crippen LogP contribution in [0.5, 0.6) is 0 Å². The van der Waals surface area contributed by atoms with E-state index in [0.717, 1.165) is 99.0 Å². The number of nitrogens with zero attached hydrogens (tertiary/aromatic N) is 7. The Morgan fingerprint density at radius 2 is 1.52 bits per heavy atom. The van der Waals surface area contributed by atoms with Crippen LogP contribution in [0.1, 0.15) is 74.5 Å². The first kappa shape index (κ1) is 36.3. The van der Waals surface area contributed by atoms with Gasteiger partial charge in [0.25, 0.3) is 0 Å². The Kier molecular flexibility index (Phi) is 10.3. The number of fused-ring (bicyclic) bond motifs is 1. The number of piperazine rings is 1. The van der Waals surface area contributed by atoms with Gasteiger partial charge < -0.3 is 15.5 Å². The largest absolute Gasteiger partial charge is 0.371 e. The van der Waals surface area contributed by atoms with Gasteiger partial charge in [-0.1, -0.05) is 43.2 Å². The molecule has 5 aromatic rings. The predicted molar refractivity (Wildman–Crippen MR) is 216 cm³/mol. The number of carbonyl (C=O) groups is 2. The van der Waals surface area contributed by atoms with E-state index in [1.54, 1.807) is 12.1 Å². The quantitative estimate of drug-likeness (QED) is 0.130. The molecule has 1 aliphatic carbocycles. The summed E-state index contributed by atoms with van der Waals surface area (Å²) in [5, 5.41) is 9.29. The fraction of sp³-hybridized carbons (Fsp3) is 0.419. The van der Waals surface area contributed by atoms with E-state index >= 15 is 4.39 Å². The summed E-state index contributed by atoms with van der Waals surface area (Å²) in [7, 11) is 0. The number of piperidine rings is 2. The zero-order valence-electron chi connectivity index (χ0n) is 31.7. The minimum absolute atomic E-state index is 0.241. The molecule has 0 radical (unpaired) electrons. The van der Waals surface area contributed by atoms with Gasteiger partial charge in [0.05, 0.1) is 12.1 Å². The van der Waals surface area contributed by atoms with E-state index < -0.39 is 11.8 Å². The van der Waals surface area contributed by atoms with E-state index in [0.29, 0.717) is 36.6 Å². The molecule has 4 aliphatic rings. The van der Waals surface area contributed by atoms with Crippen LogP contribution < -0.4 is 20.9 Å². The monoisotopic (exact) mass is 756 g/mol. The highest BCUT2D eigenvalue weighted by molar-refractivity contribution is 6.01. The third-order valence-corrected chi connectivity index (χ3v) is 12.1. The number of nitrogens with one attached hydrogen (secondary N) is 3. The molecule has 5 heterocycles. The summed E-state index contributed by atoms with van der Waals surface area (Å²) in [4.78, 5) is 45.8. The fourth-order valence-electron chi connectivity index (χ4n) is 9.06. The number of para-hydroxylation sites is 1. The summed E-state index contributed by atoms with van der Waals surface area (Å²) in [5.74, 6) is -0.295. The Hall–Kier alpha value is -5.40. The van der Waals surface area contributed by atoms with E-state index in [1.165, 1.54) is 18.5 Å². The van der Waals surface area contributed by atoms with Crippen LogP contribution in [0.2, 0.25) is 0 Å². The average molecular weight is 757 g/mol. The molecule has 4 fully saturated rings. The highest BCUT2D eigenvalue weighted by Crippen LogP contribution is 2.36. The molecule has 3 saturated heterocycles. The maximum Gasteiger partial charge on any atom is 0.234 e. The molecule has 0 spiro atoms. The molecule has 13 heteroatoms. The zero-order valence-corrected chi connectivity index (χ0v) is 31.7. The molecule has 2 amide bonds. The lowest BCUT2D eigenvalue weighted by Gasteiger charge is -2.43. The van der Waals surface area contributed by atoms with Crippen molar-refractivity contribution in [3.8, 4) is 0 Å². The topological polar surface area (TPSA) is 124 Å². The van der Waals surface area contributed by atoms with Crippen LogP contribution in [0.15, 0.2) is 79.0 Å². The highest BCUT2D eigenvalue weighted by Gasteiger charge is 2.31. The Morgan fingerprint density at radius 3 is 2.25 bits per heavy atom. The molecule has 2 aromatic heterocycles. The second-order valence-electron chi connectivity index (χ2n) is 15.7. The van der Waals surface area contributed by atoms with Crippen molar-refractivity contribution in [3.63, 3.8) is 0 Å². The van der Waals surface area contributed by atoms with Crippen molar-refractivity contribution in [1.29, 1.82) is 0 Å². The van der Waals surface area contributed by atoms with Crippen molar-refractivity contribution >= 4 is 51.9 Å². The molecule has 290 valence electrons. The number of hydrogen-bond acceptors (Lipinski definition) is 10. The number of halogens is 1. The standard InChI is InChI=1S/C43H49FN10O2/c44-37-26-29(10-15-35(37)36-16-17-39(55)49-41(36)56)28-51-22-24-53(25-23-51)33-18-20-52(21-19-33)32-13-11-31(12-14-32)46-42-45-27-38-40(50-42)54(34-8-4-5-9-34)43(48-38)47-30-6-2-1-3-7-30/h1-3,6-7,10-15,26-27,33-34,36H,4-5,8-9,16-25,28H2,(H,47,48)(H,45,46,50)(H,49,55,56). The molecule has 56 heavy (non-hydrogen) atoms. The van der Waals surface area contributed by atoms with Gasteiger partial charge in [0.2, 0.25) is 23.7 Å². The summed E-state index contributed by atoms with van der Waals surface area (Å²) in [6.07, 6.45) is 9.32. The molecule has 1 saturated carbocycles. The van der Waals surface area contributed by atoms with Gasteiger partial charge in [0.15, 0.2) is 5.65 Å². The van der Waals surface area contributed by atoms with Gasteiger partial charge in [0.1, 0.15) is 11.3 Å². The highest BCUT2D eigenvalue weighted by atomic mass is 19.1. The SMILES string of the molecule is O=C1CCC(c2ccc(CN3CCN(C4CCN(c5ccc(Nc6ncc7nc(Nc8ccccc8)n(C8CCCC8)c7n6)cc5)CC4)CC3)cc2F)C(=O)N1. The van der Waals surface area contributed by atoms with E-state index in [-0.39, 0.29) is 18.1 Å². The number of benzene rings is 3. The van der Waals surface area contributed by atoms with Crippen molar-refractivity contribution in [2.24, 2.45) is 0 Å². The molecular formula is C43H49FN10O2. The van der Waals surface area contributed by atoms with Gasteiger partial charge in [-0.3, -0.25) is 29.3 Å². The summed E-state index contributed by atoms with van der Waals surface area (Å²) in [5.41, 5.74) is 6.09. The second kappa shape index (κ2) is 16.0. The van der Waals surface area contributed by atoms with E-state index in [1.807, 2.05) is 30.5 Å². The molecule has 3 aromatic carbocycles. The number of rotatable bonds is 10. The minimum Gasteiger partial charge on any atom is -0.371 e. The average Bonchev–Trinajstić information content (AvgIpc) is 3.87. The lowest BCUT2D eigenvalue weighted by atomic mass is 9.89.